The molecule has 5 nitrogen and oxygen atoms in total. The van der Waals surface area contributed by atoms with Gasteiger partial charge in [0.1, 0.15) is 5.75 Å². The number of benzene rings is 1. The van der Waals surface area contributed by atoms with Gasteiger partial charge in [0.05, 0.1) is 22.5 Å². The molecule has 6 heteroatoms. The van der Waals surface area contributed by atoms with Gasteiger partial charge in [0.15, 0.2) is 5.82 Å². The Kier molecular flexibility index (Phi) is 6.66. The van der Waals surface area contributed by atoms with Crippen LogP contribution >= 0.6 is 11.3 Å². The first-order valence-corrected chi connectivity index (χ1v) is 14.2. The minimum absolute atomic E-state index is 0.675. The topological polar surface area (TPSA) is 44.0 Å². The Balaban J connectivity index is 1.12. The molecule has 1 aromatic carbocycles. The monoisotopic (exact) mass is 488 g/mol. The highest BCUT2D eigenvalue weighted by Gasteiger charge is 2.26. The zero-order valence-corrected chi connectivity index (χ0v) is 21.5. The smallest absolute Gasteiger partial charge is 0.156 e. The molecule has 4 aromatic rings. The minimum Gasteiger partial charge on any atom is -0.493 e. The highest BCUT2D eigenvalue weighted by atomic mass is 32.1. The Morgan fingerprint density at radius 1 is 1.09 bits per heavy atom. The fourth-order valence-electron chi connectivity index (χ4n) is 5.58. The Morgan fingerprint density at radius 2 is 1.91 bits per heavy atom. The number of imidazole rings is 1. The number of piperidine rings is 1. The van der Waals surface area contributed by atoms with Crippen LogP contribution in [0.15, 0.2) is 48.0 Å². The van der Waals surface area contributed by atoms with E-state index in [0.29, 0.717) is 11.8 Å². The lowest BCUT2D eigenvalue weighted by Gasteiger charge is -2.27. The molecule has 2 aliphatic rings. The lowest BCUT2D eigenvalue weighted by molar-refractivity contribution is 0.215. The van der Waals surface area contributed by atoms with E-state index in [-0.39, 0.29) is 0 Å². The average Bonchev–Trinajstić information content (AvgIpc) is 3.55. The molecule has 6 rings (SSSR count). The van der Waals surface area contributed by atoms with Gasteiger partial charge in [0.25, 0.3) is 0 Å². The quantitative estimate of drug-likeness (QED) is 0.297. The van der Waals surface area contributed by atoms with E-state index in [1.54, 1.807) is 0 Å². The van der Waals surface area contributed by atoms with Gasteiger partial charge in [0.2, 0.25) is 0 Å². The first kappa shape index (κ1) is 22.9. The van der Waals surface area contributed by atoms with Crippen LogP contribution in [0.2, 0.25) is 0 Å². The molecule has 0 bridgehead atoms. The molecule has 1 aliphatic carbocycles. The number of hydrogen-bond donors (Lipinski definition) is 1. The molecular formula is C29H36N4OS. The second-order valence-electron chi connectivity index (χ2n) is 10.3. The molecule has 2 fully saturated rings. The number of ether oxygens (including phenoxy) is 1. The fraction of sp³-hybridized carbons (Fsp3) is 0.483. The standard InChI is InChI=1S/C29H36N4OS/c1-32-25-13-17-35-28(25)18-26(32)29-31-19-27(23-5-2-6-23)33(29)16-3-4-21-7-9-24(10-8-21)34-20-22-11-14-30-15-12-22/h7-10,13,17-19,22-23,30H,2-6,11-12,14-16,20H2,1H3. The van der Waals surface area contributed by atoms with Crippen molar-refractivity contribution >= 4 is 21.6 Å². The summed E-state index contributed by atoms with van der Waals surface area (Å²) in [6, 6.07) is 13.3. The number of nitrogens with zero attached hydrogens (tertiary/aromatic N) is 3. The fourth-order valence-corrected chi connectivity index (χ4v) is 6.43. The summed E-state index contributed by atoms with van der Waals surface area (Å²) in [7, 11) is 2.17. The molecule has 1 saturated carbocycles. The summed E-state index contributed by atoms with van der Waals surface area (Å²) in [5.74, 6) is 3.48. The van der Waals surface area contributed by atoms with Crippen molar-refractivity contribution in [2.45, 2.75) is 57.4 Å². The highest BCUT2D eigenvalue weighted by molar-refractivity contribution is 7.17. The summed E-state index contributed by atoms with van der Waals surface area (Å²) in [6.07, 6.45) is 10.7. The van der Waals surface area contributed by atoms with Crippen LogP contribution in [0.5, 0.6) is 5.75 Å². The SMILES string of the molecule is Cn1c(-c2ncc(C3CCC3)n2CCCc2ccc(OCC3CCNCC3)cc2)cc2sccc21. The summed E-state index contributed by atoms with van der Waals surface area (Å²) < 4.78 is 12.2. The Morgan fingerprint density at radius 3 is 2.66 bits per heavy atom. The van der Waals surface area contributed by atoms with Gasteiger partial charge in [-0.15, -0.1) is 11.3 Å². The molecule has 0 atom stereocenters. The summed E-state index contributed by atoms with van der Waals surface area (Å²) in [6.45, 7) is 4.09. The third-order valence-electron chi connectivity index (χ3n) is 8.02. The van der Waals surface area contributed by atoms with Gasteiger partial charge in [-0.2, -0.15) is 0 Å². The van der Waals surface area contributed by atoms with E-state index in [1.165, 1.54) is 59.3 Å². The van der Waals surface area contributed by atoms with E-state index in [9.17, 15) is 0 Å². The molecule has 1 aliphatic heterocycles. The van der Waals surface area contributed by atoms with Gasteiger partial charge in [0, 0.05) is 31.4 Å². The summed E-state index contributed by atoms with van der Waals surface area (Å²) >= 11 is 1.81. The molecular weight excluding hydrogens is 452 g/mol. The van der Waals surface area contributed by atoms with Gasteiger partial charge in [-0.25, -0.2) is 4.98 Å². The van der Waals surface area contributed by atoms with Crippen LogP contribution in [-0.4, -0.2) is 33.8 Å². The molecule has 0 radical (unpaired) electrons. The van der Waals surface area contributed by atoms with Crippen LogP contribution in [0.25, 0.3) is 21.7 Å². The van der Waals surface area contributed by atoms with Crippen LogP contribution in [0, 0.1) is 5.92 Å². The summed E-state index contributed by atoms with van der Waals surface area (Å²) in [5.41, 5.74) is 5.34. The first-order valence-electron chi connectivity index (χ1n) is 13.3. The van der Waals surface area contributed by atoms with Crippen LogP contribution in [0.3, 0.4) is 0 Å². The second-order valence-corrected chi connectivity index (χ2v) is 11.2. The van der Waals surface area contributed by atoms with E-state index < -0.39 is 0 Å². The van der Waals surface area contributed by atoms with E-state index in [0.717, 1.165) is 50.7 Å². The summed E-state index contributed by atoms with van der Waals surface area (Å²) in [4.78, 5) is 4.95. The lowest BCUT2D eigenvalue weighted by Crippen LogP contribution is -2.30. The van der Waals surface area contributed by atoms with Crippen molar-refractivity contribution in [1.29, 1.82) is 0 Å². The molecule has 0 unspecified atom stereocenters. The molecule has 3 aromatic heterocycles. The van der Waals surface area contributed by atoms with Crippen LogP contribution in [0.1, 0.15) is 55.7 Å². The predicted molar refractivity (Wildman–Crippen MR) is 144 cm³/mol. The van der Waals surface area contributed by atoms with E-state index in [2.05, 4.69) is 69.5 Å². The normalized spacial score (nSPS) is 17.2. The van der Waals surface area contributed by atoms with Gasteiger partial charge in [-0.05, 0) is 92.7 Å². The number of fused-ring (bicyclic) bond motifs is 1. The van der Waals surface area contributed by atoms with Crippen LogP contribution < -0.4 is 10.1 Å². The zero-order chi connectivity index (χ0) is 23.6. The number of aryl methyl sites for hydroxylation is 2. The molecule has 0 amide bonds. The predicted octanol–water partition coefficient (Wildman–Crippen LogP) is 6.38. The maximum absolute atomic E-state index is 6.08. The van der Waals surface area contributed by atoms with Crippen LogP contribution in [-0.2, 0) is 20.0 Å². The molecule has 0 spiro atoms. The number of hydrogen-bond acceptors (Lipinski definition) is 4. The van der Waals surface area contributed by atoms with Crippen molar-refractivity contribution in [2.75, 3.05) is 19.7 Å². The first-order chi connectivity index (χ1) is 17.3. The molecule has 4 heterocycles. The number of rotatable bonds is 9. The van der Waals surface area contributed by atoms with E-state index >= 15 is 0 Å². The number of thiophene rings is 1. The Labute approximate surface area is 212 Å². The van der Waals surface area contributed by atoms with Crippen molar-refractivity contribution in [3.8, 4) is 17.3 Å². The minimum atomic E-state index is 0.675. The zero-order valence-electron chi connectivity index (χ0n) is 20.7. The number of aromatic nitrogens is 3. The van der Waals surface area contributed by atoms with Crippen molar-refractivity contribution in [3.63, 3.8) is 0 Å². The molecule has 184 valence electrons. The van der Waals surface area contributed by atoms with Crippen molar-refractivity contribution < 1.29 is 4.74 Å². The van der Waals surface area contributed by atoms with Gasteiger partial charge >= 0.3 is 0 Å². The number of nitrogens with one attached hydrogen (secondary N) is 1. The molecule has 35 heavy (non-hydrogen) atoms. The van der Waals surface area contributed by atoms with E-state index in [1.807, 2.05) is 11.3 Å². The Bertz CT molecular complexity index is 1260. The second kappa shape index (κ2) is 10.2. The molecule has 1 saturated heterocycles. The van der Waals surface area contributed by atoms with Gasteiger partial charge < -0.3 is 19.2 Å². The Hall–Kier alpha value is -2.57. The van der Waals surface area contributed by atoms with E-state index in [4.69, 9.17) is 9.72 Å². The maximum Gasteiger partial charge on any atom is 0.156 e. The lowest BCUT2D eigenvalue weighted by atomic mass is 9.83. The molecule has 1 N–H and O–H groups in total. The third-order valence-corrected chi connectivity index (χ3v) is 8.87. The van der Waals surface area contributed by atoms with Gasteiger partial charge in [-0.3, -0.25) is 0 Å². The van der Waals surface area contributed by atoms with Crippen molar-refractivity contribution in [2.24, 2.45) is 13.0 Å². The highest BCUT2D eigenvalue weighted by Crippen LogP contribution is 2.39. The largest absolute Gasteiger partial charge is 0.493 e. The summed E-state index contributed by atoms with van der Waals surface area (Å²) in [5, 5.41) is 5.60. The third kappa shape index (κ3) is 4.78. The van der Waals surface area contributed by atoms with Crippen molar-refractivity contribution in [3.05, 3.63) is 59.2 Å². The average molecular weight is 489 g/mol. The maximum atomic E-state index is 6.08. The van der Waals surface area contributed by atoms with Crippen LogP contribution in [0.4, 0.5) is 0 Å². The van der Waals surface area contributed by atoms with Gasteiger partial charge in [-0.1, -0.05) is 18.6 Å². The van der Waals surface area contributed by atoms with Crippen molar-refractivity contribution in [1.82, 2.24) is 19.4 Å².